The molecule has 2 aromatic rings. The highest BCUT2D eigenvalue weighted by molar-refractivity contribution is 6.07. The summed E-state index contributed by atoms with van der Waals surface area (Å²) in [7, 11) is 1.97. The number of hydrogen-bond acceptors (Lipinski definition) is 3. The van der Waals surface area contributed by atoms with Crippen molar-refractivity contribution in [3.05, 3.63) is 36.0 Å². The summed E-state index contributed by atoms with van der Waals surface area (Å²) in [6.45, 7) is 6.18. The van der Waals surface area contributed by atoms with Gasteiger partial charge in [-0.1, -0.05) is 32.0 Å². The number of aryl methyl sites for hydroxylation is 1. The SMILES string of the molecule is CC(C)CC1COC(=O)N1C1CCN(C(=O)c2cn(C)c3ccccc23)CC1. The number of para-hydroxylation sites is 1. The molecular formula is C22H29N3O3. The zero-order valence-electron chi connectivity index (χ0n) is 16.9. The number of hydrogen-bond donors (Lipinski definition) is 0. The van der Waals surface area contributed by atoms with E-state index in [0.717, 1.165) is 35.7 Å². The smallest absolute Gasteiger partial charge is 0.410 e. The molecule has 1 unspecified atom stereocenters. The lowest BCUT2D eigenvalue weighted by molar-refractivity contribution is 0.0632. The molecule has 6 nitrogen and oxygen atoms in total. The third-order valence-electron chi connectivity index (χ3n) is 6.02. The van der Waals surface area contributed by atoms with Crippen molar-refractivity contribution in [1.82, 2.24) is 14.4 Å². The predicted molar refractivity (Wildman–Crippen MR) is 108 cm³/mol. The molecule has 1 aromatic heterocycles. The number of carbonyl (C=O) groups is 2. The molecule has 4 rings (SSSR count). The third-order valence-corrected chi connectivity index (χ3v) is 6.02. The van der Waals surface area contributed by atoms with Gasteiger partial charge in [-0.25, -0.2) is 4.79 Å². The summed E-state index contributed by atoms with van der Waals surface area (Å²) in [5.74, 6) is 0.605. The molecule has 1 aromatic carbocycles. The number of cyclic esters (lactones) is 1. The molecule has 28 heavy (non-hydrogen) atoms. The number of amides is 2. The van der Waals surface area contributed by atoms with Crippen molar-refractivity contribution < 1.29 is 14.3 Å². The van der Waals surface area contributed by atoms with Gasteiger partial charge in [0.1, 0.15) is 6.61 Å². The lowest BCUT2D eigenvalue weighted by Gasteiger charge is -2.38. The average molecular weight is 383 g/mol. The molecule has 0 aliphatic carbocycles. The Balaban J connectivity index is 1.45. The Morgan fingerprint density at radius 3 is 2.64 bits per heavy atom. The molecule has 6 heteroatoms. The van der Waals surface area contributed by atoms with Crippen LogP contribution in [-0.4, -0.2) is 58.1 Å². The van der Waals surface area contributed by atoms with Crippen LogP contribution < -0.4 is 0 Å². The van der Waals surface area contributed by atoms with E-state index in [1.807, 2.05) is 51.9 Å². The van der Waals surface area contributed by atoms with E-state index in [9.17, 15) is 9.59 Å². The van der Waals surface area contributed by atoms with Gasteiger partial charge < -0.3 is 14.2 Å². The average Bonchev–Trinajstić information content (AvgIpc) is 3.21. The van der Waals surface area contributed by atoms with E-state index in [-0.39, 0.29) is 24.1 Å². The minimum absolute atomic E-state index is 0.0815. The Kier molecular flexibility index (Phi) is 5.04. The zero-order chi connectivity index (χ0) is 19.8. The maximum Gasteiger partial charge on any atom is 0.410 e. The fraction of sp³-hybridized carbons (Fsp3) is 0.545. The van der Waals surface area contributed by atoms with Crippen LogP contribution in [0.4, 0.5) is 4.79 Å². The van der Waals surface area contributed by atoms with Crippen LogP contribution in [0.3, 0.4) is 0 Å². The summed E-state index contributed by atoms with van der Waals surface area (Å²) < 4.78 is 7.34. The van der Waals surface area contributed by atoms with E-state index in [1.54, 1.807) is 0 Å². The Labute approximate surface area is 166 Å². The lowest BCUT2D eigenvalue weighted by atomic mass is 9.97. The molecule has 0 radical (unpaired) electrons. The van der Waals surface area contributed by atoms with Crippen molar-refractivity contribution in [3.63, 3.8) is 0 Å². The summed E-state index contributed by atoms with van der Waals surface area (Å²) in [5, 5.41) is 0.997. The van der Waals surface area contributed by atoms with Crippen LogP contribution in [0.2, 0.25) is 0 Å². The quantitative estimate of drug-likeness (QED) is 0.810. The van der Waals surface area contributed by atoms with Gasteiger partial charge in [0.25, 0.3) is 5.91 Å². The van der Waals surface area contributed by atoms with Crippen molar-refractivity contribution in [2.24, 2.45) is 13.0 Å². The summed E-state index contributed by atoms with van der Waals surface area (Å²) in [6, 6.07) is 8.33. The van der Waals surface area contributed by atoms with E-state index in [0.29, 0.717) is 25.6 Å². The van der Waals surface area contributed by atoms with Crippen molar-refractivity contribution in [1.29, 1.82) is 0 Å². The number of fused-ring (bicyclic) bond motifs is 1. The van der Waals surface area contributed by atoms with Gasteiger partial charge in [-0.2, -0.15) is 0 Å². The molecule has 2 aliphatic rings. The molecule has 2 saturated heterocycles. The first-order chi connectivity index (χ1) is 13.5. The topological polar surface area (TPSA) is 54.8 Å². The van der Waals surface area contributed by atoms with Crippen LogP contribution in [-0.2, 0) is 11.8 Å². The molecule has 3 heterocycles. The van der Waals surface area contributed by atoms with Crippen LogP contribution in [0.1, 0.15) is 43.5 Å². The standard InChI is InChI=1S/C22H29N3O3/c1-15(2)12-17-14-28-22(27)25(17)16-8-10-24(11-9-16)21(26)19-13-23(3)20-7-5-4-6-18(19)20/h4-7,13,15-17H,8-12,14H2,1-3H3. The summed E-state index contributed by atoms with van der Waals surface area (Å²) in [4.78, 5) is 29.3. The predicted octanol–water partition coefficient (Wildman–Crippen LogP) is 3.65. The van der Waals surface area contributed by atoms with Crippen LogP contribution in [0.5, 0.6) is 0 Å². The summed E-state index contributed by atoms with van der Waals surface area (Å²) >= 11 is 0. The first-order valence-corrected chi connectivity index (χ1v) is 10.2. The molecule has 0 saturated carbocycles. The van der Waals surface area contributed by atoms with Gasteiger partial charge in [-0.05, 0) is 31.2 Å². The normalized spacial score (nSPS) is 21.0. The van der Waals surface area contributed by atoms with Crippen LogP contribution in [0.15, 0.2) is 30.5 Å². The second kappa shape index (κ2) is 7.49. The zero-order valence-corrected chi connectivity index (χ0v) is 16.9. The molecule has 0 bridgehead atoms. The highest BCUT2D eigenvalue weighted by Gasteiger charge is 2.40. The molecule has 2 fully saturated rings. The fourth-order valence-electron chi connectivity index (χ4n) is 4.67. The number of rotatable bonds is 4. The van der Waals surface area contributed by atoms with E-state index < -0.39 is 0 Å². The first kappa shape index (κ1) is 18.8. The molecule has 0 N–H and O–H groups in total. The Morgan fingerprint density at radius 1 is 1.21 bits per heavy atom. The number of nitrogens with zero attached hydrogens (tertiary/aromatic N) is 3. The number of likely N-dealkylation sites (tertiary alicyclic amines) is 1. The van der Waals surface area contributed by atoms with E-state index in [4.69, 9.17) is 4.74 Å². The van der Waals surface area contributed by atoms with E-state index in [2.05, 4.69) is 13.8 Å². The molecule has 2 aliphatic heterocycles. The summed E-state index contributed by atoms with van der Waals surface area (Å²) in [6.07, 6.45) is 4.31. The van der Waals surface area contributed by atoms with Gasteiger partial charge in [-0.3, -0.25) is 9.69 Å². The third kappa shape index (κ3) is 3.36. The van der Waals surface area contributed by atoms with Gasteiger partial charge in [0.2, 0.25) is 0 Å². The Bertz CT molecular complexity index is 880. The lowest BCUT2D eigenvalue weighted by Crippen LogP contribution is -2.50. The number of piperidine rings is 1. The van der Waals surface area contributed by atoms with Crippen molar-refractivity contribution in [3.8, 4) is 0 Å². The van der Waals surface area contributed by atoms with Gasteiger partial charge in [0.15, 0.2) is 0 Å². The highest BCUT2D eigenvalue weighted by Crippen LogP contribution is 2.29. The largest absolute Gasteiger partial charge is 0.447 e. The van der Waals surface area contributed by atoms with Gasteiger partial charge in [-0.15, -0.1) is 0 Å². The minimum atomic E-state index is -0.190. The van der Waals surface area contributed by atoms with Crippen LogP contribution >= 0.6 is 0 Å². The molecule has 2 amide bonds. The Morgan fingerprint density at radius 2 is 1.93 bits per heavy atom. The van der Waals surface area contributed by atoms with Gasteiger partial charge in [0.05, 0.1) is 11.6 Å². The fourth-order valence-corrected chi connectivity index (χ4v) is 4.67. The van der Waals surface area contributed by atoms with Crippen LogP contribution in [0.25, 0.3) is 10.9 Å². The summed E-state index contributed by atoms with van der Waals surface area (Å²) in [5.41, 5.74) is 1.83. The van der Waals surface area contributed by atoms with Gasteiger partial charge >= 0.3 is 6.09 Å². The second-order valence-corrected chi connectivity index (χ2v) is 8.46. The van der Waals surface area contributed by atoms with Crippen molar-refractivity contribution in [2.75, 3.05) is 19.7 Å². The van der Waals surface area contributed by atoms with Gasteiger partial charge in [0, 0.05) is 43.3 Å². The van der Waals surface area contributed by atoms with Crippen LogP contribution in [0, 0.1) is 5.92 Å². The maximum absolute atomic E-state index is 13.1. The van der Waals surface area contributed by atoms with Crippen molar-refractivity contribution in [2.45, 2.75) is 45.2 Å². The first-order valence-electron chi connectivity index (χ1n) is 10.2. The van der Waals surface area contributed by atoms with E-state index >= 15 is 0 Å². The molecule has 0 spiro atoms. The Hall–Kier alpha value is -2.50. The number of ether oxygens (including phenoxy) is 1. The number of carbonyl (C=O) groups excluding carboxylic acids is 2. The molecule has 150 valence electrons. The number of aromatic nitrogens is 1. The highest BCUT2D eigenvalue weighted by atomic mass is 16.6. The number of benzene rings is 1. The van der Waals surface area contributed by atoms with E-state index in [1.165, 1.54) is 0 Å². The maximum atomic E-state index is 13.1. The van der Waals surface area contributed by atoms with Crippen molar-refractivity contribution >= 4 is 22.9 Å². The monoisotopic (exact) mass is 383 g/mol. The molecule has 1 atom stereocenters. The minimum Gasteiger partial charge on any atom is -0.447 e. The second-order valence-electron chi connectivity index (χ2n) is 8.46. The molecular weight excluding hydrogens is 354 g/mol.